The van der Waals surface area contributed by atoms with Gasteiger partial charge in [-0.1, -0.05) is 42.1 Å². The van der Waals surface area contributed by atoms with E-state index < -0.39 is 0 Å². The first-order valence-corrected chi connectivity index (χ1v) is 13.3. The highest BCUT2D eigenvalue weighted by Gasteiger charge is 2.14. The summed E-state index contributed by atoms with van der Waals surface area (Å²) in [6.45, 7) is 0. The lowest BCUT2D eigenvalue weighted by atomic mass is 10.1. The molecule has 5 rings (SSSR count). The van der Waals surface area contributed by atoms with E-state index in [1.54, 1.807) is 55.3 Å². The number of hydrazone groups is 1. The molecular formula is C29H27N7O3S. The molecule has 2 heterocycles. The van der Waals surface area contributed by atoms with Crippen LogP contribution >= 0.6 is 11.8 Å². The van der Waals surface area contributed by atoms with Gasteiger partial charge < -0.3 is 14.0 Å². The first-order valence-electron chi connectivity index (χ1n) is 12.3. The number of nitrogens with one attached hydrogen (secondary N) is 1. The Morgan fingerprint density at radius 3 is 2.50 bits per heavy atom. The van der Waals surface area contributed by atoms with Crippen LogP contribution in [0.5, 0.6) is 11.5 Å². The third-order valence-electron chi connectivity index (χ3n) is 6.04. The van der Waals surface area contributed by atoms with Crippen LogP contribution in [0.1, 0.15) is 21.5 Å². The summed E-state index contributed by atoms with van der Waals surface area (Å²) >= 11 is 1.58. The van der Waals surface area contributed by atoms with Crippen LogP contribution in [-0.2, 0) is 12.8 Å². The summed E-state index contributed by atoms with van der Waals surface area (Å²) in [6, 6.07) is 22.7. The van der Waals surface area contributed by atoms with Crippen LogP contribution in [0.4, 0.5) is 0 Å². The summed E-state index contributed by atoms with van der Waals surface area (Å²) in [5, 5.41) is 17.8. The number of ether oxygens (including phenoxy) is 2. The van der Waals surface area contributed by atoms with Gasteiger partial charge in [-0.25, -0.2) is 10.1 Å². The molecule has 0 spiro atoms. The Bertz CT molecular complexity index is 1630. The van der Waals surface area contributed by atoms with E-state index in [0.717, 1.165) is 27.7 Å². The van der Waals surface area contributed by atoms with Gasteiger partial charge in [-0.15, -0.1) is 10.2 Å². The van der Waals surface area contributed by atoms with Crippen molar-refractivity contribution in [2.75, 3.05) is 14.2 Å². The van der Waals surface area contributed by atoms with Gasteiger partial charge in [0.2, 0.25) is 0 Å². The Balaban J connectivity index is 1.32. The zero-order chi connectivity index (χ0) is 27.9. The minimum absolute atomic E-state index is 0.313. The van der Waals surface area contributed by atoms with Crippen molar-refractivity contribution in [3.63, 3.8) is 0 Å². The molecule has 2 aromatic heterocycles. The van der Waals surface area contributed by atoms with Gasteiger partial charge in [0.1, 0.15) is 12.0 Å². The first-order chi connectivity index (χ1) is 19.6. The van der Waals surface area contributed by atoms with E-state index in [4.69, 9.17) is 14.6 Å². The Labute approximate surface area is 235 Å². The summed E-state index contributed by atoms with van der Waals surface area (Å²) < 4.78 is 14.5. The van der Waals surface area contributed by atoms with Gasteiger partial charge in [0.05, 0.1) is 26.1 Å². The van der Waals surface area contributed by atoms with Crippen molar-refractivity contribution >= 4 is 23.9 Å². The van der Waals surface area contributed by atoms with Crippen LogP contribution in [0.2, 0.25) is 0 Å². The zero-order valence-corrected chi connectivity index (χ0v) is 23.0. The van der Waals surface area contributed by atoms with Crippen molar-refractivity contribution in [2.24, 2.45) is 12.1 Å². The third kappa shape index (κ3) is 6.05. The number of nitrogens with zero attached hydrogens (tertiary/aromatic N) is 6. The Kier molecular flexibility index (Phi) is 8.21. The Morgan fingerprint density at radius 2 is 1.80 bits per heavy atom. The summed E-state index contributed by atoms with van der Waals surface area (Å²) in [6.07, 6.45) is 5.11. The molecule has 3 aromatic carbocycles. The lowest BCUT2D eigenvalue weighted by molar-refractivity contribution is 0.0955. The van der Waals surface area contributed by atoms with Crippen molar-refractivity contribution in [3.8, 4) is 28.4 Å². The number of carbonyl (C=O) groups is 1. The molecule has 0 saturated heterocycles. The van der Waals surface area contributed by atoms with Crippen LogP contribution in [0, 0.1) is 0 Å². The van der Waals surface area contributed by atoms with E-state index >= 15 is 0 Å². The summed E-state index contributed by atoms with van der Waals surface area (Å²) in [5.74, 6) is 1.61. The molecule has 1 amide bonds. The van der Waals surface area contributed by atoms with E-state index in [-0.39, 0.29) is 5.91 Å². The number of carbonyl (C=O) groups excluding carboxylic acids is 1. The molecule has 0 unspecified atom stereocenters. The summed E-state index contributed by atoms with van der Waals surface area (Å²) in [5.41, 5.74) is 7.29. The SMILES string of the molecule is COc1ccc(-c2nn(-c3ccccc3)cc2/C=N/NC(=O)c2ccc(CSc3nncn3C)cc2)cc1OC. The second-order valence-corrected chi connectivity index (χ2v) is 9.63. The molecule has 5 aromatic rings. The van der Waals surface area contributed by atoms with Crippen molar-refractivity contribution in [2.45, 2.75) is 10.9 Å². The standard InChI is InChI=1S/C29H27N7O3S/c1-35-19-31-33-29(35)40-18-20-9-11-21(12-10-20)28(37)32-30-16-23-17-36(24-7-5-4-6-8-24)34-27(23)22-13-14-25(38-2)26(15-22)39-3/h4-17,19H,18H2,1-3H3,(H,32,37)/b30-16+. The van der Waals surface area contributed by atoms with E-state index in [0.29, 0.717) is 28.3 Å². The molecular weight excluding hydrogens is 526 g/mol. The van der Waals surface area contributed by atoms with Crippen LogP contribution < -0.4 is 14.9 Å². The van der Waals surface area contributed by atoms with Crippen molar-refractivity contribution in [1.82, 2.24) is 30.0 Å². The van der Waals surface area contributed by atoms with E-state index in [2.05, 4.69) is 20.7 Å². The molecule has 0 saturated carbocycles. The molecule has 0 aliphatic heterocycles. The van der Waals surface area contributed by atoms with Crippen molar-refractivity contribution in [3.05, 3.63) is 102 Å². The highest BCUT2D eigenvalue weighted by atomic mass is 32.2. The topological polar surface area (TPSA) is 108 Å². The monoisotopic (exact) mass is 553 g/mol. The zero-order valence-electron chi connectivity index (χ0n) is 22.2. The average Bonchev–Trinajstić information content (AvgIpc) is 3.62. The molecule has 0 radical (unpaired) electrons. The molecule has 0 bridgehead atoms. The van der Waals surface area contributed by atoms with E-state index in [1.807, 2.05) is 78.5 Å². The fourth-order valence-electron chi connectivity index (χ4n) is 3.93. The maximum atomic E-state index is 12.8. The van der Waals surface area contributed by atoms with Crippen LogP contribution in [-0.4, -0.2) is 50.9 Å². The van der Waals surface area contributed by atoms with Gasteiger partial charge in [-0.2, -0.15) is 10.2 Å². The number of amides is 1. The number of thioether (sulfide) groups is 1. The molecule has 0 fully saturated rings. The predicted octanol–water partition coefficient (Wildman–Crippen LogP) is 4.74. The molecule has 10 nitrogen and oxygen atoms in total. The number of para-hydroxylation sites is 1. The third-order valence-corrected chi connectivity index (χ3v) is 7.15. The normalized spacial score (nSPS) is 11.1. The van der Waals surface area contributed by atoms with Gasteiger partial charge in [0, 0.05) is 35.7 Å². The van der Waals surface area contributed by atoms with Crippen LogP contribution in [0.25, 0.3) is 16.9 Å². The number of hydrogen-bond acceptors (Lipinski definition) is 8. The first kappa shape index (κ1) is 26.7. The lowest BCUT2D eigenvalue weighted by Crippen LogP contribution is -2.17. The highest BCUT2D eigenvalue weighted by Crippen LogP contribution is 2.33. The van der Waals surface area contributed by atoms with Gasteiger partial charge in [-0.05, 0) is 48.0 Å². The van der Waals surface area contributed by atoms with E-state index in [9.17, 15) is 4.79 Å². The summed E-state index contributed by atoms with van der Waals surface area (Å²) in [4.78, 5) is 12.8. The van der Waals surface area contributed by atoms with Gasteiger partial charge >= 0.3 is 0 Å². The minimum Gasteiger partial charge on any atom is -0.493 e. The van der Waals surface area contributed by atoms with Gasteiger partial charge in [-0.3, -0.25) is 4.79 Å². The van der Waals surface area contributed by atoms with E-state index in [1.165, 1.54) is 0 Å². The maximum absolute atomic E-state index is 12.8. The second kappa shape index (κ2) is 12.3. The molecule has 202 valence electrons. The number of aryl methyl sites for hydroxylation is 1. The highest BCUT2D eigenvalue weighted by molar-refractivity contribution is 7.98. The molecule has 0 aliphatic rings. The van der Waals surface area contributed by atoms with Gasteiger partial charge in [0.25, 0.3) is 5.91 Å². The fourth-order valence-corrected chi connectivity index (χ4v) is 4.77. The number of aromatic nitrogens is 5. The Hall–Kier alpha value is -4.90. The fraction of sp³-hybridized carbons (Fsp3) is 0.138. The lowest BCUT2D eigenvalue weighted by Gasteiger charge is -2.09. The average molecular weight is 554 g/mol. The number of rotatable bonds is 10. The second-order valence-electron chi connectivity index (χ2n) is 8.69. The molecule has 0 aliphatic carbocycles. The molecule has 0 atom stereocenters. The summed E-state index contributed by atoms with van der Waals surface area (Å²) in [7, 11) is 5.08. The molecule has 40 heavy (non-hydrogen) atoms. The van der Waals surface area contributed by atoms with Crippen molar-refractivity contribution < 1.29 is 14.3 Å². The molecule has 1 N–H and O–H groups in total. The van der Waals surface area contributed by atoms with Gasteiger partial charge in [0.15, 0.2) is 16.7 Å². The predicted molar refractivity (Wildman–Crippen MR) is 154 cm³/mol. The minimum atomic E-state index is -0.313. The maximum Gasteiger partial charge on any atom is 0.271 e. The Morgan fingerprint density at radius 1 is 1.02 bits per heavy atom. The smallest absolute Gasteiger partial charge is 0.271 e. The number of hydrogen-bond donors (Lipinski definition) is 1. The van der Waals surface area contributed by atoms with Crippen LogP contribution in [0.15, 0.2) is 95.6 Å². The largest absolute Gasteiger partial charge is 0.493 e. The number of methoxy groups -OCH3 is 2. The quantitative estimate of drug-likeness (QED) is 0.151. The van der Waals surface area contributed by atoms with Crippen molar-refractivity contribution in [1.29, 1.82) is 0 Å². The number of benzene rings is 3. The molecule has 11 heteroatoms. The van der Waals surface area contributed by atoms with Crippen LogP contribution in [0.3, 0.4) is 0 Å².